The molecule has 15 heavy (non-hydrogen) atoms. The maximum Gasteiger partial charge on any atom is 0.219 e. The van der Waals surface area contributed by atoms with E-state index >= 15 is 0 Å². The number of rotatable bonds is 3. The number of carbonyl (C=O) groups is 1. The number of carbonyl (C=O) groups excluding carboxylic acids is 1. The van der Waals surface area contributed by atoms with Crippen molar-refractivity contribution in [1.29, 1.82) is 0 Å². The fraction of sp³-hybridized carbons (Fsp3) is 0.182. The van der Waals surface area contributed by atoms with Gasteiger partial charge in [-0.25, -0.2) is 0 Å². The number of aromatic nitrogens is 1. The third-order valence-corrected chi connectivity index (χ3v) is 2.44. The number of fused-ring (bicyclic) bond motifs is 1. The minimum absolute atomic E-state index is 0.165. The molecule has 0 aliphatic carbocycles. The summed E-state index contributed by atoms with van der Waals surface area (Å²) in [7, 11) is 0. The topological polar surface area (TPSA) is 84.9 Å². The standard InChI is InChI=1S/C11H13N3O/c12-9(6-10(13)15)8-3-1-2-7-4-5-14-11(7)8/h1-5,9,14H,6,12H2,(H2,13,15)/t9-/m1/s1. The molecular formula is C11H13N3O. The van der Waals surface area contributed by atoms with Crippen molar-refractivity contribution in [2.45, 2.75) is 12.5 Å². The van der Waals surface area contributed by atoms with Crippen LogP contribution in [0.15, 0.2) is 30.5 Å². The van der Waals surface area contributed by atoms with Crippen LogP contribution in [0.2, 0.25) is 0 Å². The molecule has 1 heterocycles. The average Bonchev–Trinajstić information content (AvgIpc) is 2.63. The Balaban J connectivity index is 2.42. The van der Waals surface area contributed by atoms with Gasteiger partial charge in [-0.2, -0.15) is 0 Å². The van der Waals surface area contributed by atoms with Gasteiger partial charge < -0.3 is 16.5 Å². The predicted octanol–water partition coefficient (Wildman–Crippen LogP) is 1.04. The number of hydrogen-bond donors (Lipinski definition) is 3. The largest absolute Gasteiger partial charge is 0.370 e. The van der Waals surface area contributed by atoms with Crippen molar-refractivity contribution < 1.29 is 4.79 Å². The van der Waals surface area contributed by atoms with Gasteiger partial charge in [-0.15, -0.1) is 0 Å². The molecule has 0 aliphatic heterocycles. The van der Waals surface area contributed by atoms with E-state index in [-0.39, 0.29) is 18.4 Å². The van der Waals surface area contributed by atoms with Crippen LogP contribution in [-0.4, -0.2) is 10.9 Å². The van der Waals surface area contributed by atoms with Gasteiger partial charge in [0, 0.05) is 18.7 Å². The highest BCUT2D eigenvalue weighted by Crippen LogP contribution is 2.23. The summed E-state index contributed by atoms with van der Waals surface area (Å²) in [6.45, 7) is 0. The van der Waals surface area contributed by atoms with Gasteiger partial charge in [0.2, 0.25) is 5.91 Å². The average molecular weight is 203 g/mol. The maximum atomic E-state index is 10.8. The van der Waals surface area contributed by atoms with Crippen molar-refractivity contribution in [3.8, 4) is 0 Å². The molecular weight excluding hydrogens is 190 g/mol. The van der Waals surface area contributed by atoms with E-state index < -0.39 is 0 Å². The molecule has 4 nitrogen and oxygen atoms in total. The van der Waals surface area contributed by atoms with Crippen LogP contribution in [0.3, 0.4) is 0 Å². The predicted molar refractivity (Wildman–Crippen MR) is 59.0 cm³/mol. The zero-order valence-corrected chi connectivity index (χ0v) is 8.23. The molecule has 1 aromatic carbocycles. The van der Waals surface area contributed by atoms with Crippen molar-refractivity contribution in [3.63, 3.8) is 0 Å². The van der Waals surface area contributed by atoms with Crippen LogP contribution in [-0.2, 0) is 4.79 Å². The maximum absolute atomic E-state index is 10.8. The molecule has 5 N–H and O–H groups in total. The summed E-state index contributed by atoms with van der Waals surface area (Å²) in [4.78, 5) is 13.9. The highest BCUT2D eigenvalue weighted by Gasteiger charge is 2.12. The lowest BCUT2D eigenvalue weighted by molar-refractivity contribution is -0.118. The number of nitrogens with one attached hydrogen (secondary N) is 1. The number of H-pyrrole nitrogens is 1. The van der Waals surface area contributed by atoms with Gasteiger partial charge >= 0.3 is 0 Å². The molecule has 1 atom stereocenters. The summed E-state index contributed by atoms with van der Waals surface area (Å²) in [5.41, 5.74) is 12.9. The lowest BCUT2D eigenvalue weighted by Crippen LogP contribution is -2.20. The van der Waals surface area contributed by atoms with Gasteiger partial charge in [0.1, 0.15) is 0 Å². The monoisotopic (exact) mass is 203 g/mol. The molecule has 2 aromatic rings. The molecule has 0 saturated heterocycles. The van der Waals surface area contributed by atoms with E-state index in [0.717, 1.165) is 16.5 Å². The number of nitrogens with two attached hydrogens (primary N) is 2. The Labute approximate surface area is 87.3 Å². The quantitative estimate of drug-likeness (QED) is 0.696. The SMILES string of the molecule is NC(=O)C[C@@H](N)c1cccc2cc[nH]c12. The second-order valence-electron chi connectivity index (χ2n) is 3.57. The van der Waals surface area contributed by atoms with Gasteiger partial charge in [-0.3, -0.25) is 4.79 Å². The van der Waals surface area contributed by atoms with E-state index in [4.69, 9.17) is 11.5 Å². The van der Waals surface area contributed by atoms with Crippen LogP contribution in [0.5, 0.6) is 0 Å². The summed E-state index contributed by atoms with van der Waals surface area (Å²) < 4.78 is 0. The Bertz CT molecular complexity index is 489. The smallest absolute Gasteiger partial charge is 0.219 e. The third-order valence-electron chi connectivity index (χ3n) is 2.44. The fourth-order valence-electron chi connectivity index (χ4n) is 1.74. The van der Waals surface area contributed by atoms with Crippen LogP contribution in [0.1, 0.15) is 18.0 Å². The Morgan fingerprint density at radius 1 is 1.40 bits per heavy atom. The lowest BCUT2D eigenvalue weighted by Gasteiger charge is -2.10. The molecule has 2 rings (SSSR count). The van der Waals surface area contributed by atoms with E-state index in [1.54, 1.807) is 0 Å². The third kappa shape index (κ3) is 1.85. The molecule has 0 saturated carbocycles. The molecule has 0 fully saturated rings. The molecule has 0 spiro atoms. The molecule has 4 heteroatoms. The Kier molecular flexibility index (Phi) is 2.43. The van der Waals surface area contributed by atoms with Crippen molar-refractivity contribution in [3.05, 3.63) is 36.0 Å². The van der Waals surface area contributed by atoms with Crippen molar-refractivity contribution in [2.75, 3.05) is 0 Å². The van der Waals surface area contributed by atoms with Crippen LogP contribution in [0, 0.1) is 0 Å². The number of amides is 1. The molecule has 0 aliphatic rings. The Hall–Kier alpha value is -1.81. The van der Waals surface area contributed by atoms with E-state index in [0.29, 0.717) is 0 Å². The first-order chi connectivity index (χ1) is 7.18. The number of para-hydroxylation sites is 1. The highest BCUT2D eigenvalue weighted by atomic mass is 16.1. The summed E-state index contributed by atoms with van der Waals surface area (Å²) in [6.07, 6.45) is 2.02. The van der Waals surface area contributed by atoms with Gasteiger partial charge in [0.15, 0.2) is 0 Å². The first-order valence-electron chi connectivity index (χ1n) is 4.78. The summed E-state index contributed by atoms with van der Waals surface area (Å²) >= 11 is 0. The minimum Gasteiger partial charge on any atom is -0.370 e. The molecule has 1 amide bonds. The van der Waals surface area contributed by atoms with Crippen LogP contribution in [0.4, 0.5) is 0 Å². The molecule has 0 radical (unpaired) electrons. The van der Waals surface area contributed by atoms with Crippen LogP contribution in [0.25, 0.3) is 10.9 Å². The van der Waals surface area contributed by atoms with Gasteiger partial charge in [0.05, 0.1) is 5.52 Å². The summed E-state index contributed by atoms with van der Waals surface area (Å²) in [5, 5.41) is 1.09. The van der Waals surface area contributed by atoms with Gasteiger partial charge in [0.25, 0.3) is 0 Å². The summed E-state index contributed by atoms with van der Waals surface area (Å²) in [5.74, 6) is -0.383. The van der Waals surface area contributed by atoms with E-state index in [2.05, 4.69) is 4.98 Å². The Morgan fingerprint density at radius 2 is 2.20 bits per heavy atom. The van der Waals surface area contributed by atoms with Crippen molar-refractivity contribution in [1.82, 2.24) is 4.98 Å². The summed E-state index contributed by atoms with van der Waals surface area (Å²) in [6, 6.07) is 7.45. The van der Waals surface area contributed by atoms with Crippen LogP contribution >= 0.6 is 0 Å². The van der Waals surface area contributed by atoms with Gasteiger partial charge in [-0.1, -0.05) is 18.2 Å². The Morgan fingerprint density at radius 3 is 2.93 bits per heavy atom. The molecule has 0 unspecified atom stereocenters. The zero-order chi connectivity index (χ0) is 10.8. The molecule has 78 valence electrons. The first-order valence-corrected chi connectivity index (χ1v) is 4.78. The fourth-order valence-corrected chi connectivity index (χ4v) is 1.74. The molecule has 0 bridgehead atoms. The first kappa shape index (κ1) is 9.73. The van der Waals surface area contributed by atoms with Crippen molar-refractivity contribution in [2.24, 2.45) is 11.5 Å². The number of primary amides is 1. The second-order valence-corrected chi connectivity index (χ2v) is 3.57. The van der Waals surface area contributed by atoms with E-state index in [1.165, 1.54) is 0 Å². The van der Waals surface area contributed by atoms with Crippen molar-refractivity contribution >= 4 is 16.8 Å². The normalized spacial score (nSPS) is 12.9. The lowest BCUT2D eigenvalue weighted by atomic mass is 10.0. The minimum atomic E-state index is -0.383. The van der Waals surface area contributed by atoms with Crippen LogP contribution < -0.4 is 11.5 Å². The zero-order valence-electron chi connectivity index (χ0n) is 8.23. The highest BCUT2D eigenvalue weighted by molar-refractivity contribution is 5.84. The van der Waals surface area contributed by atoms with Gasteiger partial charge in [-0.05, 0) is 17.0 Å². The number of aromatic amines is 1. The molecule has 1 aromatic heterocycles. The number of hydrogen-bond acceptors (Lipinski definition) is 2. The van der Waals surface area contributed by atoms with E-state index in [1.807, 2.05) is 30.5 Å². The second kappa shape index (κ2) is 3.74. The van der Waals surface area contributed by atoms with E-state index in [9.17, 15) is 4.79 Å². The number of benzene rings is 1.